The molecule has 1 aliphatic carbocycles. The maximum atomic E-state index is 12.5. The van der Waals surface area contributed by atoms with E-state index < -0.39 is 5.97 Å². The number of aliphatic hydroxyl groups is 1. The molecule has 122 valence electrons. The van der Waals surface area contributed by atoms with Gasteiger partial charge in [-0.15, -0.1) is 0 Å². The zero-order chi connectivity index (χ0) is 16.8. The van der Waals surface area contributed by atoms with Crippen LogP contribution < -0.4 is 0 Å². The third-order valence-electron chi connectivity index (χ3n) is 3.96. The lowest BCUT2D eigenvalue weighted by Crippen LogP contribution is -2.27. The third-order valence-corrected chi connectivity index (χ3v) is 3.96. The van der Waals surface area contributed by atoms with Gasteiger partial charge >= 0.3 is 5.97 Å². The summed E-state index contributed by atoms with van der Waals surface area (Å²) in [6.07, 6.45) is 1.14. The zero-order valence-corrected chi connectivity index (χ0v) is 13.2. The highest BCUT2D eigenvalue weighted by Crippen LogP contribution is 2.33. The summed E-state index contributed by atoms with van der Waals surface area (Å²) in [5.74, 6) is -1.00. The summed E-state index contributed by atoms with van der Waals surface area (Å²) in [6, 6.07) is 9.72. The summed E-state index contributed by atoms with van der Waals surface area (Å²) in [6.45, 7) is 1.88. The number of rotatable bonds is 5. The number of ketones is 1. The van der Waals surface area contributed by atoms with Crippen molar-refractivity contribution in [1.29, 1.82) is 0 Å². The number of carboxylic acid groups (broad SMARTS) is 1. The summed E-state index contributed by atoms with van der Waals surface area (Å²) in [7, 11) is 0. The van der Waals surface area contributed by atoms with Gasteiger partial charge in [-0.2, -0.15) is 0 Å². The highest BCUT2D eigenvalue weighted by Gasteiger charge is 2.31. The minimum atomic E-state index is -0.929. The van der Waals surface area contributed by atoms with E-state index in [4.69, 9.17) is 5.11 Å². The SMILES string of the molecule is CCC(O)=C1C(=O)CC(c2ccccc2)CC1=NCCC(=O)O. The van der Waals surface area contributed by atoms with E-state index in [9.17, 15) is 14.7 Å². The van der Waals surface area contributed by atoms with Crippen LogP contribution in [0.2, 0.25) is 0 Å². The Morgan fingerprint density at radius 1 is 1.22 bits per heavy atom. The maximum Gasteiger partial charge on any atom is 0.305 e. The van der Waals surface area contributed by atoms with Crippen LogP contribution in [0.15, 0.2) is 46.7 Å². The lowest BCUT2D eigenvalue weighted by Gasteiger charge is -2.25. The molecule has 1 atom stereocenters. The van der Waals surface area contributed by atoms with Gasteiger partial charge in [0, 0.05) is 25.1 Å². The quantitative estimate of drug-likeness (QED) is 0.645. The van der Waals surface area contributed by atoms with Crippen molar-refractivity contribution in [2.45, 2.75) is 38.5 Å². The number of hydrogen-bond acceptors (Lipinski definition) is 4. The fourth-order valence-corrected chi connectivity index (χ4v) is 2.79. The second kappa shape index (κ2) is 7.72. The second-order valence-electron chi connectivity index (χ2n) is 5.59. The molecule has 0 amide bonds. The normalized spacial score (nSPS) is 22.2. The average Bonchev–Trinajstić information content (AvgIpc) is 2.54. The first-order valence-corrected chi connectivity index (χ1v) is 7.78. The molecule has 1 unspecified atom stereocenters. The first kappa shape index (κ1) is 16.9. The van der Waals surface area contributed by atoms with Crippen molar-refractivity contribution in [2.75, 3.05) is 6.54 Å². The van der Waals surface area contributed by atoms with Crippen molar-refractivity contribution in [3.8, 4) is 0 Å². The number of carbonyl (C=O) groups is 2. The Morgan fingerprint density at radius 2 is 1.91 bits per heavy atom. The fraction of sp³-hybridized carbons (Fsp3) is 0.389. The van der Waals surface area contributed by atoms with Crippen molar-refractivity contribution < 1.29 is 19.8 Å². The first-order chi connectivity index (χ1) is 11.0. The van der Waals surface area contributed by atoms with E-state index in [1.54, 1.807) is 6.92 Å². The lowest BCUT2D eigenvalue weighted by molar-refractivity contribution is -0.136. The van der Waals surface area contributed by atoms with Gasteiger partial charge in [-0.25, -0.2) is 0 Å². The molecular formula is C18H21NO4. The second-order valence-corrected chi connectivity index (χ2v) is 5.59. The Kier molecular flexibility index (Phi) is 5.68. The summed E-state index contributed by atoms with van der Waals surface area (Å²) in [5.41, 5.74) is 1.86. The van der Waals surface area contributed by atoms with Gasteiger partial charge in [-0.3, -0.25) is 14.6 Å². The van der Waals surface area contributed by atoms with Crippen molar-refractivity contribution in [1.82, 2.24) is 0 Å². The number of aliphatic carboxylic acids is 1. The predicted octanol–water partition coefficient (Wildman–Crippen LogP) is 3.27. The van der Waals surface area contributed by atoms with Gasteiger partial charge in [0.05, 0.1) is 12.0 Å². The topological polar surface area (TPSA) is 87.0 Å². The van der Waals surface area contributed by atoms with E-state index in [1.807, 2.05) is 30.3 Å². The number of aliphatic imine (C=N–C) groups is 1. The van der Waals surface area contributed by atoms with E-state index in [-0.39, 0.29) is 36.0 Å². The molecule has 23 heavy (non-hydrogen) atoms. The maximum absolute atomic E-state index is 12.5. The van der Waals surface area contributed by atoms with Crippen molar-refractivity contribution in [3.05, 3.63) is 47.2 Å². The van der Waals surface area contributed by atoms with Crippen molar-refractivity contribution in [3.63, 3.8) is 0 Å². The molecule has 1 aromatic carbocycles. The highest BCUT2D eigenvalue weighted by molar-refractivity contribution is 6.24. The van der Waals surface area contributed by atoms with Gasteiger partial charge in [-0.1, -0.05) is 37.3 Å². The molecule has 1 aliphatic rings. The van der Waals surface area contributed by atoms with Gasteiger partial charge in [0.1, 0.15) is 5.76 Å². The summed E-state index contributed by atoms with van der Waals surface area (Å²) in [5, 5.41) is 18.8. The Hall–Kier alpha value is -2.43. The number of benzene rings is 1. The van der Waals surface area contributed by atoms with Crippen LogP contribution in [0.3, 0.4) is 0 Å². The van der Waals surface area contributed by atoms with Crippen LogP contribution in [-0.2, 0) is 9.59 Å². The molecule has 5 nitrogen and oxygen atoms in total. The smallest absolute Gasteiger partial charge is 0.305 e. The molecule has 0 radical (unpaired) electrons. The zero-order valence-electron chi connectivity index (χ0n) is 13.2. The van der Waals surface area contributed by atoms with Crippen molar-refractivity contribution in [2.24, 2.45) is 4.99 Å². The minimum absolute atomic E-state index is 0.0145. The molecule has 0 saturated heterocycles. The van der Waals surface area contributed by atoms with Gasteiger partial charge in [0.25, 0.3) is 0 Å². The minimum Gasteiger partial charge on any atom is -0.512 e. The Balaban J connectivity index is 2.30. The van der Waals surface area contributed by atoms with Gasteiger partial charge < -0.3 is 10.2 Å². The largest absolute Gasteiger partial charge is 0.512 e. The summed E-state index contributed by atoms with van der Waals surface area (Å²) in [4.78, 5) is 27.4. The van der Waals surface area contributed by atoms with Crippen LogP contribution in [-0.4, -0.2) is 34.2 Å². The van der Waals surface area contributed by atoms with Gasteiger partial charge in [0.2, 0.25) is 0 Å². The Labute approximate surface area is 135 Å². The van der Waals surface area contributed by atoms with Crippen LogP contribution in [0.5, 0.6) is 0 Å². The third kappa shape index (κ3) is 4.28. The monoisotopic (exact) mass is 315 g/mol. The molecule has 0 spiro atoms. The van der Waals surface area contributed by atoms with Crippen molar-refractivity contribution >= 4 is 17.5 Å². The van der Waals surface area contributed by atoms with E-state index in [0.29, 0.717) is 25.0 Å². The molecule has 0 aromatic heterocycles. The molecule has 0 aliphatic heterocycles. The van der Waals surface area contributed by atoms with Crippen LogP contribution >= 0.6 is 0 Å². The van der Waals surface area contributed by atoms with Crippen LogP contribution in [0.25, 0.3) is 0 Å². The van der Waals surface area contributed by atoms with Gasteiger partial charge in [0.15, 0.2) is 5.78 Å². The van der Waals surface area contributed by atoms with Gasteiger partial charge in [-0.05, 0) is 17.9 Å². The Morgan fingerprint density at radius 3 is 2.52 bits per heavy atom. The summed E-state index contributed by atoms with van der Waals surface area (Å²) < 4.78 is 0. The highest BCUT2D eigenvalue weighted by atomic mass is 16.4. The van der Waals surface area contributed by atoms with Crippen LogP contribution in [0, 0.1) is 0 Å². The van der Waals surface area contributed by atoms with Crippen LogP contribution in [0.1, 0.15) is 44.1 Å². The molecule has 0 heterocycles. The average molecular weight is 315 g/mol. The Bertz CT molecular complexity index is 646. The molecule has 0 bridgehead atoms. The van der Waals surface area contributed by atoms with E-state index in [1.165, 1.54) is 0 Å². The fourth-order valence-electron chi connectivity index (χ4n) is 2.79. The van der Waals surface area contributed by atoms with E-state index in [2.05, 4.69) is 4.99 Å². The summed E-state index contributed by atoms with van der Waals surface area (Å²) >= 11 is 0. The number of allylic oxidation sites excluding steroid dienone is 2. The number of carboxylic acids is 1. The lowest BCUT2D eigenvalue weighted by atomic mass is 9.79. The van der Waals surface area contributed by atoms with E-state index >= 15 is 0 Å². The standard InChI is InChI=1S/C18H21NO4/c1-2-15(20)18-14(19-9-8-17(22)23)10-13(11-16(18)21)12-6-4-3-5-7-12/h3-7,13,20H,2,8-11H2,1H3,(H,22,23). The molecular weight excluding hydrogens is 294 g/mol. The number of hydrogen-bond donors (Lipinski definition) is 2. The molecule has 1 saturated carbocycles. The molecule has 5 heteroatoms. The number of Topliss-reactive ketones (excluding diaryl/α,β-unsaturated/α-hetero) is 1. The number of aliphatic hydroxyl groups excluding tert-OH is 1. The first-order valence-electron chi connectivity index (χ1n) is 7.78. The number of nitrogens with zero attached hydrogens (tertiary/aromatic N) is 1. The van der Waals surface area contributed by atoms with Crippen LogP contribution in [0.4, 0.5) is 0 Å². The molecule has 1 aromatic rings. The molecule has 2 N–H and O–H groups in total. The van der Waals surface area contributed by atoms with E-state index in [0.717, 1.165) is 5.56 Å². The predicted molar refractivity (Wildman–Crippen MR) is 87.9 cm³/mol. The number of carbonyl (C=O) groups excluding carboxylic acids is 1. The molecule has 2 rings (SSSR count). The molecule has 1 fully saturated rings.